The van der Waals surface area contributed by atoms with Gasteiger partial charge in [-0.25, -0.2) is 9.97 Å². The van der Waals surface area contributed by atoms with Gasteiger partial charge in [0.2, 0.25) is 5.95 Å². The quantitative estimate of drug-likeness (QED) is 0.669. The predicted molar refractivity (Wildman–Crippen MR) is 92.1 cm³/mol. The van der Waals surface area contributed by atoms with Crippen LogP contribution in [0.15, 0.2) is 42.5 Å². The molecule has 0 fully saturated rings. The Morgan fingerprint density at radius 1 is 1.09 bits per heavy atom. The van der Waals surface area contributed by atoms with E-state index in [1.54, 1.807) is 4.90 Å². The van der Waals surface area contributed by atoms with E-state index in [0.29, 0.717) is 24.3 Å². The molecule has 2 heterocycles. The highest BCUT2D eigenvalue weighted by molar-refractivity contribution is 6.33. The van der Waals surface area contributed by atoms with Gasteiger partial charge in [-0.2, -0.15) is 0 Å². The van der Waals surface area contributed by atoms with Gasteiger partial charge in [0.05, 0.1) is 5.52 Å². The fourth-order valence-corrected chi connectivity index (χ4v) is 3.05. The van der Waals surface area contributed by atoms with E-state index >= 15 is 0 Å². The maximum absolute atomic E-state index is 13.0. The molecule has 0 unspecified atom stereocenters. The van der Waals surface area contributed by atoms with E-state index < -0.39 is 0 Å². The Kier molecular flexibility index (Phi) is 3.04. The van der Waals surface area contributed by atoms with Gasteiger partial charge in [-0.3, -0.25) is 4.79 Å². The minimum absolute atomic E-state index is 0.106. The highest BCUT2D eigenvalue weighted by Gasteiger charge is 2.26. The van der Waals surface area contributed by atoms with Gasteiger partial charge in [-0.1, -0.05) is 41.9 Å². The molecule has 0 atom stereocenters. The van der Waals surface area contributed by atoms with Crippen molar-refractivity contribution in [3.8, 4) is 0 Å². The van der Waals surface area contributed by atoms with E-state index in [-0.39, 0.29) is 11.9 Å². The summed E-state index contributed by atoms with van der Waals surface area (Å²) in [5.41, 5.74) is 10.3. The molecule has 6 heteroatoms. The van der Waals surface area contributed by atoms with Crippen molar-refractivity contribution in [1.29, 1.82) is 0 Å². The molecule has 2 N–H and O–H groups in total. The van der Waals surface area contributed by atoms with Crippen LogP contribution < -0.4 is 11.2 Å². The molecule has 5 nitrogen and oxygen atoms in total. The van der Waals surface area contributed by atoms with Gasteiger partial charge in [0, 0.05) is 18.5 Å². The zero-order chi connectivity index (χ0) is 16.0. The van der Waals surface area contributed by atoms with Crippen LogP contribution in [0.1, 0.15) is 21.6 Å². The average Bonchev–Trinajstić information content (AvgIpc) is 2.98. The lowest BCUT2D eigenvalue weighted by Crippen LogP contribution is -2.27. The van der Waals surface area contributed by atoms with Crippen molar-refractivity contribution < 1.29 is 4.79 Å². The Morgan fingerprint density at radius 2 is 1.78 bits per heavy atom. The van der Waals surface area contributed by atoms with Crippen LogP contribution in [0, 0.1) is 0 Å². The Morgan fingerprint density at radius 3 is 2.48 bits per heavy atom. The summed E-state index contributed by atoms with van der Waals surface area (Å²) in [5, 5.41) is 0.750. The fraction of sp³-hybridized carbons (Fsp3) is 0.118. The Hall–Kier alpha value is -2.89. The lowest BCUT2D eigenvalue weighted by Gasteiger charge is -2.16. The minimum atomic E-state index is -0.106. The van der Waals surface area contributed by atoms with Gasteiger partial charge < -0.3 is 10.6 Å². The van der Waals surface area contributed by atoms with E-state index in [9.17, 15) is 4.79 Å². The summed E-state index contributed by atoms with van der Waals surface area (Å²) in [7, 11) is 1.98. The number of nitrogens with zero attached hydrogens (tertiary/aromatic N) is 3. The number of anilines is 1. The van der Waals surface area contributed by atoms with Crippen molar-refractivity contribution in [2.45, 2.75) is 13.1 Å². The summed E-state index contributed by atoms with van der Waals surface area (Å²) >= 11 is 0. The number of rotatable bonds is 1. The molecule has 1 aromatic heterocycles. The smallest absolute Gasteiger partial charge is 0.273 e. The van der Waals surface area contributed by atoms with E-state index in [1.807, 2.05) is 38.2 Å². The predicted octanol–water partition coefficient (Wildman–Crippen LogP) is 0.626. The number of amides is 1. The van der Waals surface area contributed by atoms with Crippen LogP contribution >= 0.6 is 0 Å². The summed E-state index contributed by atoms with van der Waals surface area (Å²) in [6.07, 6.45) is 0. The van der Waals surface area contributed by atoms with Crippen LogP contribution in [0.5, 0.6) is 0 Å². The Balaban J connectivity index is 1.78. The number of aromatic nitrogens is 2. The van der Waals surface area contributed by atoms with Crippen LogP contribution in [0.25, 0.3) is 10.9 Å². The van der Waals surface area contributed by atoms with Crippen LogP contribution in [-0.4, -0.2) is 28.6 Å². The van der Waals surface area contributed by atoms with Crippen molar-refractivity contribution in [3.05, 3.63) is 59.3 Å². The molecule has 2 aromatic carbocycles. The average molecular weight is 302 g/mol. The monoisotopic (exact) mass is 302 g/mol. The highest BCUT2D eigenvalue weighted by Crippen LogP contribution is 2.25. The van der Waals surface area contributed by atoms with Gasteiger partial charge in [-0.15, -0.1) is 0 Å². The molecular weight excluding hydrogens is 287 g/mol. The lowest BCUT2D eigenvalue weighted by atomic mass is 9.94. The lowest BCUT2D eigenvalue weighted by molar-refractivity contribution is 0.0747. The molecule has 112 valence electrons. The van der Waals surface area contributed by atoms with E-state index in [0.717, 1.165) is 10.8 Å². The van der Waals surface area contributed by atoms with E-state index in [2.05, 4.69) is 22.1 Å². The second-order valence-electron chi connectivity index (χ2n) is 5.88. The molecule has 0 bridgehead atoms. The number of carbonyl (C=O) groups is 1. The number of carbonyl (C=O) groups excluding carboxylic acids is 1. The third-order valence-corrected chi connectivity index (χ3v) is 4.20. The van der Waals surface area contributed by atoms with Gasteiger partial charge in [0.25, 0.3) is 5.91 Å². The molecule has 23 heavy (non-hydrogen) atoms. The maximum atomic E-state index is 13.0. The number of hydrogen-bond acceptors (Lipinski definition) is 4. The SMILES string of the molecule is Bc1ccc2nc(N)nc(C(=O)N3Cc4ccccc4C3)c2c1. The first-order valence-electron chi connectivity index (χ1n) is 7.52. The first kappa shape index (κ1) is 13.8. The number of nitrogens with two attached hydrogens (primary N) is 1. The molecular formula is C17H15BN4O. The summed E-state index contributed by atoms with van der Waals surface area (Å²) < 4.78 is 0. The molecule has 4 rings (SSSR count). The molecule has 3 aromatic rings. The van der Waals surface area contributed by atoms with E-state index in [1.165, 1.54) is 11.1 Å². The van der Waals surface area contributed by atoms with Crippen molar-refractivity contribution in [2.24, 2.45) is 0 Å². The van der Waals surface area contributed by atoms with Gasteiger partial charge in [0.1, 0.15) is 13.5 Å². The summed E-state index contributed by atoms with van der Waals surface area (Å²) in [4.78, 5) is 23.2. The van der Waals surface area contributed by atoms with Crippen molar-refractivity contribution in [2.75, 3.05) is 5.73 Å². The number of nitrogen functional groups attached to an aromatic ring is 1. The third kappa shape index (κ3) is 2.32. The number of benzene rings is 2. The fourth-order valence-electron chi connectivity index (χ4n) is 3.05. The first-order chi connectivity index (χ1) is 11.1. The summed E-state index contributed by atoms with van der Waals surface area (Å²) in [6, 6.07) is 13.9. The van der Waals surface area contributed by atoms with Crippen LogP contribution in [-0.2, 0) is 13.1 Å². The zero-order valence-electron chi connectivity index (χ0n) is 12.8. The molecule has 1 amide bonds. The van der Waals surface area contributed by atoms with Crippen LogP contribution in [0.2, 0.25) is 0 Å². The maximum Gasteiger partial charge on any atom is 0.273 e. The van der Waals surface area contributed by atoms with Crippen LogP contribution in [0.4, 0.5) is 5.95 Å². The normalized spacial score (nSPS) is 13.3. The minimum Gasteiger partial charge on any atom is -0.368 e. The number of hydrogen-bond donors (Lipinski definition) is 1. The summed E-state index contributed by atoms with van der Waals surface area (Å²) in [6.45, 7) is 1.21. The molecule has 0 saturated carbocycles. The van der Waals surface area contributed by atoms with E-state index in [4.69, 9.17) is 5.73 Å². The largest absolute Gasteiger partial charge is 0.368 e. The van der Waals surface area contributed by atoms with Crippen LogP contribution in [0.3, 0.4) is 0 Å². The van der Waals surface area contributed by atoms with Crippen molar-refractivity contribution >= 4 is 36.1 Å². The van der Waals surface area contributed by atoms with Gasteiger partial charge >= 0.3 is 0 Å². The molecule has 1 aliphatic rings. The molecule has 0 radical (unpaired) electrons. The standard InChI is InChI=1S/C17H15BN4O/c18-12-5-6-14-13(7-12)15(21-17(19)20-14)16(23)22-8-10-3-1-2-4-11(10)9-22/h1-7H,8-9,18H2,(H2,19,20,21). The molecule has 1 aliphatic heterocycles. The topological polar surface area (TPSA) is 72.1 Å². The molecule has 0 spiro atoms. The van der Waals surface area contributed by atoms with Crippen molar-refractivity contribution in [1.82, 2.24) is 14.9 Å². The molecule has 0 saturated heterocycles. The Bertz CT molecular complexity index is 916. The second-order valence-corrected chi connectivity index (χ2v) is 5.88. The van der Waals surface area contributed by atoms with Gasteiger partial charge in [0.15, 0.2) is 0 Å². The first-order valence-corrected chi connectivity index (χ1v) is 7.52. The third-order valence-electron chi connectivity index (χ3n) is 4.20. The molecule has 0 aliphatic carbocycles. The Labute approximate surface area is 134 Å². The summed E-state index contributed by atoms with van der Waals surface area (Å²) in [5.74, 6) is 0.0207. The van der Waals surface area contributed by atoms with Gasteiger partial charge in [-0.05, 0) is 17.2 Å². The zero-order valence-corrected chi connectivity index (χ0v) is 12.8. The second kappa shape index (κ2) is 5.09. The highest BCUT2D eigenvalue weighted by atomic mass is 16.2. The number of fused-ring (bicyclic) bond motifs is 2. The van der Waals surface area contributed by atoms with Crippen molar-refractivity contribution in [3.63, 3.8) is 0 Å².